The highest BCUT2D eigenvalue weighted by Crippen LogP contribution is 2.19. The minimum Gasteiger partial charge on any atom is -0.258 e. The maximum absolute atomic E-state index is 11.8. The molecule has 0 spiro atoms. The second-order valence-electron chi connectivity index (χ2n) is 3.60. The van der Waals surface area contributed by atoms with Gasteiger partial charge < -0.3 is 0 Å². The Bertz CT molecular complexity index is 360. The van der Waals surface area contributed by atoms with Crippen molar-refractivity contribution >= 4 is 28.6 Å². The molecule has 0 aliphatic carbocycles. The molecular weight excluding hydrogens is 248 g/mol. The normalized spacial score (nSPS) is 14.9. The number of thioether (sulfide) groups is 1. The molecule has 2 atom stereocenters. The first-order valence-electron chi connectivity index (χ1n) is 5.98. The topological polar surface area (TPSA) is 17.1 Å². The predicted octanol–water partition coefficient (Wildman–Crippen LogP) is 3.94. The number of rotatable bonds is 7. The van der Waals surface area contributed by atoms with Crippen molar-refractivity contribution in [1.82, 2.24) is 0 Å². The molecule has 2 unspecified atom stereocenters. The first kappa shape index (κ1) is 14.5. The van der Waals surface area contributed by atoms with Gasteiger partial charge in [-0.3, -0.25) is 4.21 Å². The maximum Gasteiger partial charge on any atom is 0.0835 e. The quantitative estimate of drug-likeness (QED) is 0.745. The van der Waals surface area contributed by atoms with Crippen LogP contribution in [0.25, 0.3) is 6.08 Å². The van der Waals surface area contributed by atoms with Crippen LogP contribution in [0.4, 0.5) is 0 Å². The van der Waals surface area contributed by atoms with Crippen LogP contribution in [0, 0.1) is 0 Å². The molecular formula is C14H20OS2. The van der Waals surface area contributed by atoms with E-state index in [0.29, 0.717) is 0 Å². The zero-order valence-electron chi connectivity index (χ0n) is 10.5. The molecule has 0 fully saturated rings. The Morgan fingerprint density at radius 2 is 2.00 bits per heavy atom. The lowest BCUT2D eigenvalue weighted by Crippen LogP contribution is -2.12. The van der Waals surface area contributed by atoms with E-state index in [4.69, 9.17) is 0 Å². The molecule has 0 radical (unpaired) electrons. The molecule has 0 saturated carbocycles. The van der Waals surface area contributed by atoms with Gasteiger partial charge >= 0.3 is 0 Å². The fourth-order valence-corrected chi connectivity index (χ4v) is 4.24. The highest BCUT2D eigenvalue weighted by molar-refractivity contribution is 8.11. The Morgan fingerprint density at radius 1 is 1.29 bits per heavy atom. The van der Waals surface area contributed by atoms with Gasteiger partial charge in [-0.15, -0.1) is 11.8 Å². The van der Waals surface area contributed by atoms with Crippen LogP contribution in [0.3, 0.4) is 0 Å². The second kappa shape index (κ2) is 8.54. The number of allylic oxidation sites excluding steroid dienone is 1. The predicted molar refractivity (Wildman–Crippen MR) is 80.7 cm³/mol. The number of hydrogen-bond donors (Lipinski definition) is 0. The highest BCUT2D eigenvalue weighted by atomic mass is 32.2. The molecule has 0 amide bonds. The number of hydrogen-bond acceptors (Lipinski definition) is 2. The van der Waals surface area contributed by atoms with Gasteiger partial charge in [0.25, 0.3) is 0 Å². The summed E-state index contributed by atoms with van der Waals surface area (Å²) in [6.07, 6.45) is 5.13. The van der Waals surface area contributed by atoms with E-state index >= 15 is 0 Å². The molecule has 3 heteroatoms. The maximum atomic E-state index is 11.8. The molecule has 1 rings (SSSR count). The van der Waals surface area contributed by atoms with Crippen molar-refractivity contribution in [3.63, 3.8) is 0 Å². The summed E-state index contributed by atoms with van der Waals surface area (Å²) in [5.41, 5.74) is 1.20. The van der Waals surface area contributed by atoms with Crippen LogP contribution in [0.5, 0.6) is 0 Å². The molecule has 1 nitrogen and oxygen atoms in total. The molecule has 0 aliphatic rings. The van der Waals surface area contributed by atoms with E-state index < -0.39 is 10.8 Å². The summed E-state index contributed by atoms with van der Waals surface area (Å²) in [4.78, 5) is 0. The van der Waals surface area contributed by atoms with E-state index in [0.717, 1.165) is 17.9 Å². The third-order valence-corrected chi connectivity index (χ3v) is 5.67. The number of benzene rings is 1. The molecule has 1 aromatic carbocycles. The Balaban J connectivity index is 2.51. The van der Waals surface area contributed by atoms with Gasteiger partial charge in [-0.25, -0.2) is 0 Å². The van der Waals surface area contributed by atoms with Gasteiger partial charge in [0.1, 0.15) is 0 Å². The van der Waals surface area contributed by atoms with Crippen molar-refractivity contribution < 1.29 is 4.21 Å². The van der Waals surface area contributed by atoms with Crippen molar-refractivity contribution in [2.45, 2.75) is 24.9 Å². The lowest BCUT2D eigenvalue weighted by atomic mass is 10.2. The van der Waals surface area contributed by atoms with Gasteiger partial charge in [0, 0.05) is 16.6 Å². The summed E-state index contributed by atoms with van der Waals surface area (Å²) in [6.45, 7) is 4.10. The van der Waals surface area contributed by atoms with E-state index in [1.54, 1.807) is 11.8 Å². The third-order valence-electron chi connectivity index (χ3n) is 2.37. The summed E-state index contributed by atoms with van der Waals surface area (Å²) in [7, 11) is -0.711. The van der Waals surface area contributed by atoms with E-state index in [1.807, 2.05) is 25.1 Å². The van der Waals surface area contributed by atoms with Crippen molar-refractivity contribution in [1.29, 1.82) is 0 Å². The van der Waals surface area contributed by atoms with E-state index in [9.17, 15) is 4.21 Å². The van der Waals surface area contributed by atoms with Crippen LogP contribution >= 0.6 is 11.8 Å². The van der Waals surface area contributed by atoms with Crippen molar-refractivity contribution in [3.05, 3.63) is 42.0 Å². The molecule has 94 valence electrons. The average molecular weight is 268 g/mol. The molecule has 0 bridgehead atoms. The summed E-state index contributed by atoms with van der Waals surface area (Å²) < 4.78 is 12.0. The fraction of sp³-hybridized carbons (Fsp3) is 0.429. The SMILES string of the molecule is CCSC(CC=Cc1ccccc1)S(=O)CC. The Labute approximate surface area is 111 Å². The zero-order chi connectivity index (χ0) is 12.5. The first-order chi connectivity index (χ1) is 8.27. The second-order valence-corrected chi connectivity index (χ2v) is 7.29. The van der Waals surface area contributed by atoms with Crippen molar-refractivity contribution in [2.75, 3.05) is 11.5 Å². The fourth-order valence-electron chi connectivity index (χ4n) is 1.50. The summed E-state index contributed by atoms with van der Waals surface area (Å²) in [6, 6.07) is 10.2. The monoisotopic (exact) mass is 268 g/mol. The molecule has 0 heterocycles. The van der Waals surface area contributed by atoms with Crippen LogP contribution < -0.4 is 0 Å². The Kier molecular flexibility index (Phi) is 7.29. The lowest BCUT2D eigenvalue weighted by Gasteiger charge is -2.11. The van der Waals surface area contributed by atoms with Crippen LogP contribution in [-0.2, 0) is 10.8 Å². The van der Waals surface area contributed by atoms with Crippen molar-refractivity contribution in [2.24, 2.45) is 0 Å². The smallest absolute Gasteiger partial charge is 0.0835 e. The Morgan fingerprint density at radius 3 is 2.59 bits per heavy atom. The van der Waals surface area contributed by atoms with Gasteiger partial charge in [-0.05, 0) is 17.7 Å². The zero-order valence-corrected chi connectivity index (χ0v) is 12.1. The van der Waals surface area contributed by atoms with Gasteiger partial charge in [0.05, 0.1) is 4.58 Å². The average Bonchev–Trinajstić information content (AvgIpc) is 2.38. The third kappa shape index (κ3) is 5.55. The summed E-state index contributed by atoms with van der Waals surface area (Å²) in [5.74, 6) is 1.77. The standard InChI is InChI=1S/C14H20OS2/c1-3-16-14(17(15)4-2)12-8-11-13-9-6-5-7-10-13/h5-11,14H,3-4,12H2,1-2H3. The molecule has 0 aliphatic heterocycles. The van der Waals surface area contributed by atoms with Crippen LogP contribution in [-0.4, -0.2) is 20.3 Å². The first-order valence-corrected chi connectivity index (χ1v) is 8.41. The minimum atomic E-state index is -0.711. The summed E-state index contributed by atoms with van der Waals surface area (Å²) >= 11 is 1.79. The van der Waals surface area contributed by atoms with Crippen LogP contribution in [0.2, 0.25) is 0 Å². The van der Waals surface area contributed by atoms with E-state index in [1.165, 1.54) is 5.56 Å². The Hall–Kier alpha value is -0.540. The summed E-state index contributed by atoms with van der Waals surface area (Å²) in [5, 5.41) is 0. The molecule has 0 saturated heterocycles. The minimum absolute atomic E-state index is 0.241. The van der Waals surface area contributed by atoms with Crippen molar-refractivity contribution in [3.8, 4) is 0 Å². The highest BCUT2D eigenvalue weighted by Gasteiger charge is 2.12. The van der Waals surface area contributed by atoms with Gasteiger partial charge in [-0.1, -0.05) is 56.3 Å². The molecule has 0 aromatic heterocycles. The van der Waals surface area contributed by atoms with Crippen LogP contribution in [0.15, 0.2) is 36.4 Å². The van der Waals surface area contributed by atoms with E-state index in [2.05, 4.69) is 31.2 Å². The van der Waals surface area contributed by atoms with E-state index in [-0.39, 0.29) is 4.58 Å². The van der Waals surface area contributed by atoms with Gasteiger partial charge in [-0.2, -0.15) is 0 Å². The molecule has 1 aromatic rings. The molecule has 17 heavy (non-hydrogen) atoms. The largest absolute Gasteiger partial charge is 0.258 e. The molecule has 0 N–H and O–H groups in total. The van der Waals surface area contributed by atoms with Gasteiger partial charge in [0.2, 0.25) is 0 Å². The lowest BCUT2D eigenvalue weighted by molar-refractivity contribution is 0.681. The van der Waals surface area contributed by atoms with Gasteiger partial charge in [0.15, 0.2) is 0 Å². The van der Waals surface area contributed by atoms with Crippen LogP contribution in [0.1, 0.15) is 25.8 Å².